The van der Waals surface area contributed by atoms with E-state index in [-0.39, 0.29) is 17.9 Å². The van der Waals surface area contributed by atoms with Gasteiger partial charge < -0.3 is 15.5 Å². The molecule has 0 aliphatic carbocycles. The van der Waals surface area contributed by atoms with Gasteiger partial charge in [-0.25, -0.2) is 22.1 Å². The van der Waals surface area contributed by atoms with Crippen molar-refractivity contribution in [3.63, 3.8) is 0 Å². The minimum absolute atomic E-state index is 0.106. The highest BCUT2D eigenvalue weighted by molar-refractivity contribution is 7.91. The van der Waals surface area contributed by atoms with Crippen molar-refractivity contribution < 1.29 is 22.0 Å². The van der Waals surface area contributed by atoms with E-state index in [1.165, 1.54) is 39.1 Å². The van der Waals surface area contributed by atoms with E-state index in [9.17, 15) is 17.6 Å². The Morgan fingerprint density at radius 3 is 2.62 bits per heavy atom. The minimum Gasteiger partial charge on any atom is -0.441 e. The normalized spacial score (nSPS) is 22.2. The molecule has 0 unspecified atom stereocenters. The maximum Gasteiger partial charge on any atom is 0.255 e. The van der Waals surface area contributed by atoms with Gasteiger partial charge in [-0.3, -0.25) is 9.79 Å². The summed E-state index contributed by atoms with van der Waals surface area (Å²) in [6.45, 7) is 6.12. The second kappa shape index (κ2) is 7.88. The number of carbonyl (C=O) groups excluding carboxylic acids is 1. The van der Waals surface area contributed by atoms with Crippen LogP contribution >= 0.6 is 0 Å². The van der Waals surface area contributed by atoms with Gasteiger partial charge in [0.15, 0.2) is 11.5 Å². The molecule has 3 aromatic rings. The van der Waals surface area contributed by atoms with Gasteiger partial charge in [0.25, 0.3) is 5.91 Å². The number of benzene rings is 2. The summed E-state index contributed by atoms with van der Waals surface area (Å²) in [6.07, 6.45) is 0. The van der Waals surface area contributed by atoms with Gasteiger partial charge in [-0.15, -0.1) is 0 Å². The Morgan fingerprint density at radius 1 is 1.21 bits per heavy atom. The van der Waals surface area contributed by atoms with Gasteiger partial charge in [-0.1, -0.05) is 0 Å². The summed E-state index contributed by atoms with van der Waals surface area (Å²) in [6, 6.07) is 8.94. The summed E-state index contributed by atoms with van der Waals surface area (Å²) in [5.41, 5.74) is 6.65. The fourth-order valence-electron chi connectivity index (χ4n) is 4.02. The number of halogens is 1. The van der Waals surface area contributed by atoms with Gasteiger partial charge in [-0.2, -0.15) is 0 Å². The van der Waals surface area contributed by atoms with Crippen molar-refractivity contribution in [3.05, 3.63) is 59.2 Å². The standard InChI is InChI=1S/C23H26FN5O4S/c1-13-26-18-9-6-14(10-19(18)33-13)20(30)27-15-7-8-17(24)16(11-15)23(4)12-29(5)34(31,32)22(2,3)21(25)28-23/h6-11H,12H2,1-5H3,(H2,25,28)(H,27,30)/t23-/m0/s1. The molecule has 2 heterocycles. The van der Waals surface area contributed by atoms with E-state index in [1.54, 1.807) is 32.0 Å². The zero-order valence-electron chi connectivity index (χ0n) is 19.5. The minimum atomic E-state index is -3.83. The first-order valence-electron chi connectivity index (χ1n) is 10.5. The number of anilines is 1. The Hall–Kier alpha value is -3.31. The number of aromatic nitrogens is 1. The van der Waals surface area contributed by atoms with Gasteiger partial charge in [-0.05, 0) is 57.2 Å². The molecule has 1 aromatic heterocycles. The topological polar surface area (TPSA) is 131 Å². The molecule has 1 aliphatic rings. The third kappa shape index (κ3) is 3.84. The van der Waals surface area contributed by atoms with Crippen molar-refractivity contribution >= 4 is 38.6 Å². The summed E-state index contributed by atoms with van der Waals surface area (Å²) in [5, 5.41) is 2.74. The van der Waals surface area contributed by atoms with Crippen molar-refractivity contribution in [3.8, 4) is 0 Å². The van der Waals surface area contributed by atoms with E-state index in [4.69, 9.17) is 10.2 Å². The highest BCUT2D eigenvalue weighted by Crippen LogP contribution is 2.36. The Labute approximate surface area is 196 Å². The number of amidine groups is 1. The van der Waals surface area contributed by atoms with Crippen LogP contribution in [0.2, 0.25) is 0 Å². The maximum absolute atomic E-state index is 15.0. The maximum atomic E-state index is 15.0. The van der Waals surface area contributed by atoms with E-state index in [2.05, 4.69) is 15.3 Å². The van der Waals surface area contributed by atoms with Gasteiger partial charge in [0.05, 0.1) is 0 Å². The van der Waals surface area contributed by atoms with Crippen molar-refractivity contribution in [2.24, 2.45) is 10.7 Å². The predicted octanol–water partition coefficient (Wildman–Crippen LogP) is 3.15. The van der Waals surface area contributed by atoms with E-state index >= 15 is 0 Å². The molecule has 1 amide bonds. The van der Waals surface area contributed by atoms with Crippen LogP contribution in [-0.2, 0) is 15.6 Å². The van der Waals surface area contributed by atoms with Crippen molar-refractivity contribution in [1.29, 1.82) is 0 Å². The number of hydrogen-bond acceptors (Lipinski definition) is 7. The number of nitrogens with one attached hydrogen (secondary N) is 1. The molecule has 0 saturated carbocycles. The van der Waals surface area contributed by atoms with Crippen LogP contribution in [0.3, 0.4) is 0 Å². The summed E-state index contributed by atoms with van der Waals surface area (Å²) >= 11 is 0. The number of amides is 1. The van der Waals surface area contributed by atoms with Gasteiger partial charge in [0.1, 0.15) is 27.5 Å². The second-order valence-corrected chi connectivity index (χ2v) is 11.7. The number of nitrogens with two attached hydrogens (primary N) is 1. The van der Waals surface area contributed by atoms with Gasteiger partial charge in [0.2, 0.25) is 10.0 Å². The molecule has 1 atom stereocenters. The van der Waals surface area contributed by atoms with E-state index < -0.39 is 32.0 Å². The van der Waals surface area contributed by atoms with Gasteiger partial charge >= 0.3 is 0 Å². The number of aliphatic imine (C=N–C) groups is 1. The average molecular weight is 488 g/mol. The number of aryl methyl sites for hydroxylation is 1. The molecular formula is C23H26FN5O4S. The number of fused-ring (bicyclic) bond motifs is 1. The molecule has 0 radical (unpaired) electrons. The Bertz CT molecular complexity index is 1450. The molecule has 0 fully saturated rings. The summed E-state index contributed by atoms with van der Waals surface area (Å²) in [4.78, 5) is 21.5. The highest BCUT2D eigenvalue weighted by atomic mass is 32.2. The molecule has 0 bridgehead atoms. The quantitative estimate of drug-likeness (QED) is 0.584. The number of hydrogen-bond donors (Lipinski definition) is 2. The lowest BCUT2D eigenvalue weighted by Gasteiger charge is -2.29. The highest BCUT2D eigenvalue weighted by Gasteiger charge is 2.48. The Balaban J connectivity index is 1.70. The smallest absolute Gasteiger partial charge is 0.255 e. The molecule has 180 valence electrons. The zero-order valence-corrected chi connectivity index (χ0v) is 20.3. The number of likely N-dealkylation sites (N-methyl/N-ethyl adjacent to an activating group) is 1. The van der Waals surface area contributed by atoms with Crippen LogP contribution in [0.1, 0.15) is 42.6 Å². The molecule has 34 heavy (non-hydrogen) atoms. The van der Waals surface area contributed by atoms with Crippen molar-refractivity contribution in [2.75, 3.05) is 18.9 Å². The largest absolute Gasteiger partial charge is 0.441 e. The molecule has 4 rings (SSSR count). The molecule has 0 saturated heterocycles. The number of nitrogens with zero attached hydrogens (tertiary/aromatic N) is 3. The first-order chi connectivity index (χ1) is 15.7. The zero-order chi connectivity index (χ0) is 25.1. The van der Waals surface area contributed by atoms with Crippen LogP contribution < -0.4 is 11.1 Å². The molecule has 11 heteroatoms. The molecule has 3 N–H and O–H groups in total. The lowest BCUT2D eigenvalue weighted by Crippen LogP contribution is -2.50. The van der Waals surface area contributed by atoms with Crippen LogP contribution in [0.25, 0.3) is 11.1 Å². The number of sulfonamides is 1. The monoisotopic (exact) mass is 487 g/mol. The van der Waals surface area contributed by atoms with E-state index in [0.717, 1.165) is 4.31 Å². The number of rotatable bonds is 3. The number of carbonyl (C=O) groups is 1. The predicted molar refractivity (Wildman–Crippen MR) is 128 cm³/mol. The lowest BCUT2D eigenvalue weighted by molar-refractivity contribution is 0.102. The van der Waals surface area contributed by atoms with Crippen LogP contribution in [0.5, 0.6) is 0 Å². The Kier molecular flexibility index (Phi) is 5.52. The fourth-order valence-corrected chi connectivity index (χ4v) is 5.53. The molecule has 1 aliphatic heterocycles. The molecular weight excluding hydrogens is 461 g/mol. The summed E-state index contributed by atoms with van der Waals surface area (Å²) in [7, 11) is -2.42. The molecule has 9 nitrogen and oxygen atoms in total. The molecule has 2 aromatic carbocycles. The summed E-state index contributed by atoms with van der Waals surface area (Å²) < 4.78 is 46.0. The number of oxazole rings is 1. The van der Waals surface area contributed by atoms with Gasteiger partial charge in [0, 0.05) is 37.3 Å². The van der Waals surface area contributed by atoms with E-state index in [1.807, 2.05) is 0 Å². The fraction of sp³-hybridized carbons (Fsp3) is 0.348. The van der Waals surface area contributed by atoms with Crippen LogP contribution in [0, 0.1) is 12.7 Å². The first kappa shape index (κ1) is 23.8. The third-order valence-corrected chi connectivity index (χ3v) is 8.58. The second-order valence-electron chi connectivity index (χ2n) is 9.11. The van der Waals surface area contributed by atoms with Crippen LogP contribution in [0.4, 0.5) is 10.1 Å². The van der Waals surface area contributed by atoms with Crippen LogP contribution in [0.15, 0.2) is 45.8 Å². The van der Waals surface area contributed by atoms with E-state index in [0.29, 0.717) is 28.2 Å². The SMILES string of the molecule is Cc1nc2ccc(C(=O)Nc3ccc(F)c([C@]4(C)CN(C)S(=O)(=O)C(C)(C)C(N)=N4)c3)cc2o1. The van der Waals surface area contributed by atoms with Crippen LogP contribution in [-0.4, -0.2) is 47.8 Å². The lowest BCUT2D eigenvalue weighted by atomic mass is 9.91. The van der Waals surface area contributed by atoms with Crippen molar-refractivity contribution in [2.45, 2.75) is 38.0 Å². The average Bonchev–Trinajstić information content (AvgIpc) is 3.11. The van der Waals surface area contributed by atoms with Crippen molar-refractivity contribution in [1.82, 2.24) is 9.29 Å². The first-order valence-corrected chi connectivity index (χ1v) is 12.0. The molecule has 0 spiro atoms. The summed E-state index contributed by atoms with van der Waals surface area (Å²) in [5.74, 6) is -0.657. The third-order valence-electron chi connectivity index (χ3n) is 6.13. The Morgan fingerprint density at radius 2 is 1.91 bits per heavy atom.